The average molecular weight is 592 g/mol. The first-order chi connectivity index (χ1) is 18.9. The van der Waals surface area contributed by atoms with Crippen molar-refractivity contribution in [3.8, 4) is 0 Å². The Morgan fingerprint density at radius 3 is 2.10 bits per heavy atom. The van der Waals surface area contributed by atoms with Gasteiger partial charge in [0.05, 0.1) is 29.8 Å². The third kappa shape index (κ3) is 4.39. The minimum atomic E-state index is -5.23. The van der Waals surface area contributed by atoms with E-state index in [1.54, 1.807) is 0 Å². The van der Waals surface area contributed by atoms with Crippen LogP contribution in [0.25, 0.3) is 0 Å². The zero-order valence-electron chi connectivity index (χ0n) is 20.6. The average Bonchev–Trinajstić information content (AvgIpc) is 3.45. The van der Waals surface area contributed by atoms with Crippen molar-refractivity contribution in [3.05, 3.63) is 34.9 Å². The summed E-state index contributed by atoms with van der Waals surface area (Å²) in [7, 11) is 0. The highest BCUT2D eigenvalue weighted by Gasteiger charge is 2.74. The number of hydrogen-bond acceptors (Lipinski definition) is 7. The second kappa shape index (κ2) is 8.93. The number of likely N-dealkylation sites (tertiary alicyclic amines) is 1. The number of carbonyl (C=O) groups is 3. The SMILES string of the molecule is N=C1N[C@H]2[C@H](CN3C(=O)CCC3=O)NC(=N)N3C[C@H](NC(=O)c4cc(C(F)(F)F)cc(C(F)(F)F)c4)C(O)(O)[C@]23N1. The van der Waals surface area contributed by atoms with Crippen molar-refractivity contribution in [2.45, 2.75) is 54.8 Å². The summed E-state index contributed by atoms with van der Waals surface area (Å²) >= 11 is 0. The maximum atomic E-state index is 13.3. The third-order valence-electron chi connectivity index (χ3n) is 7.59. The number of aliphatic hydroxyl groups is 2. The summed E-state index contributed by atoms with van der Waals surface area (Å²) in [5.41, 5.74) is -6.76. The predicted molar refractivity (Wildman–Crippen MR) is 123 cm³/mol. The van der Waals surface area contributed by atoms with Gasteiger partial charge in [-0.15, -0.1) is 0 Å². The van der Waals surface area contributed by atoms with Gasteiger partial charge in [-0.05, 0) is 18.2 Å². The van der Waals surface area contributed by atoms with E-state index in [-0.39, 0.29) is 37.6 Å². The highest BCUT2D eigenvalue weighted by atomic mass is 19.4. The standard InChI is InChI=1S/C22H22F6N8O5/c23-21(24,25)9-3-8(4-10(5-9)22(26,27)28)16(39)32-12-7-36-18(30)31-11(6-35-13(37)1-2-14(35)38)15-19(36,20(12,40)41)34-17(29)33-15/h3-5,11-12,15,40-41H,1-2,6-7H2,(H2,30,31)(H,32,39)(H3,29,33,34)/t11-,12-,15-,19-/m0/s1. The number of amides is 3. The fourth-order valence-corrected chi connectivity index (χ4v) is 5.68. The van der Waals surface area contributed by atoms with E-state index in [0.717, 1.165) is 9.80 Å². The molecule has 13 nitrogen and oxygen atoms in total. The molecule has 1 aromatic rings. The van der Waals surface area contributed by atoms with Crippen molar-refractivity contribution in [3.63, 3.8) is 0 Å². The first kappa shape index (κ1) is 28.4. The van der Waals surface area contributed by atoms with E-state index in [1.807, 2.05) is 5.32 Å². The fourth-order valence-electron chi connectivity index (χ4n) is 5.68. The van der Waals surface area contributed by atoms with Crippen LogP contribution in [0.1, 0.15) is 34.3 Å². The van der Waals surface area contributed by atoms with Crippen LogP contribution in [0.2, 0.25) is 0 Å². The van der Waals surface area contributed by atoms with Crippen LogP contribution in [0.5, 0.6) is 0 Å². The molecule has 0 saturated carbocycles. The molecule has 4 fully saturated rings. The first-order valence-corrected chi connectivity index (χ1v) is 12.0. The molecule has 0 unspecified atom stereocenters. The lowest BCUT2D eigenvalue weighted by atomic mass is 9.84. The summed E-state index contributed by atoms with van der Waals surface area (Å²) in [6.45, 7) is -0.928. The van der Waals surface area contributed by atoms with Crippen LogP contribution >= 0.6 is 0 Å². The Morgan fingerprint density at radius 1 is 1.00 bits per heavy atom. The monoisotopic (exact) mass is 592 g/mol. The van der Waals surface area contributed by atoms with Crippen molar-refractivity contribution < 1.29 is 50.9 Å². The Labute approximate surface area is 225 Å². The Kier molecular flexibility index (Phi) is 6.19. The van der Waals surface area contributed by atoms with Crippen LogP contribution in [-0.2, 0) is 21.9 Å². The van der Waals surface area contributed by atoms with E-state index < -0.39 is 94.8 Å². The summed E-state index contributed by atoms with van der Waals surface area (Å²) in [6, 6.07) is -3.93. The fraction of sp³-hybridized carbons (Fsp3) is 0.500. The molecule has 5 rings (SSSR count). The molecular formula is C22H22F6N8O5. The van der Waals surface area contributed by atoms with Gasteiger partial charge < -0.3 is 36.4 Å². The van der Waals surface area contributed by atoms with Gasteiger partial charge in [-0.25, -0.2) is 0 Å². The van der Waals surface area contributed by atoms with Crippen LogP contribution in [0.3, 0.4) is 0 Å². The first-order valence-electron chi connectivity index (χ1n) is 12.0. The lowest BCUT2D eigenvalue weighted by Crippen LogP contribution is -2.81. The van der Waals surface area contributed by atoms with Gasteiger partial charge in [-0.3, -0.25) is 30.1 Å². The number of hydrogen-bond donors (Lipinski definition) is 8. The maximum Gasteiger partial charge on any atom is 0.416 e. The van der Waals surface area contributed by atoms with Gasteiger partial charge >= 0.3 is 12.4 Å². The summed E-state index contributed by atoms with van der Waals surface area (Å²) < 4.78 is 79.7. The van der Waals surface area contributed by atoms with Crippen LogP contribution < -0.4 is 21.3 Å². The van der Waals surface area contributed by atoms with Crippen LogP contribution in [0, 0.1) is 10.8 Å². The van der Waals surface area contributed by atoms with Crippen LogP contribution in [-0.4, -0.2) is 92.3 Å². The van der Waals surface area contributed by atoms with E-state index in [1.165, 1.54) is 0 Å². The van der Waals surface area contributed by atoms with Gasteiger partial charge in [-0.1, -0.05) is 0 Å². The lowest BCUT2D eigenvalue weighted by Gasteiger charge is -2.51. The molecule has 4 saturated heterocycles. The molecule has 222 valence electrons. The molecule has 1 aromatic carbocycles. The van der Waals surface area contributed by atoms with E-state index in [4.69, 9.17) is 10.8 Å². The molecular weight excluding hydrogens is 570 g/mol. The molecule has 0 radical (unpaired) electrons. The second-order valence-electron chi connectivity index (χ2n) is 10.0. The summed E-state index contributed by atoms with van der Waals surface area (Å²) in [5, 5.41) is 49.2. The van der Waals surface area contributed by atoms with Crippen LogP contribution in [0.4, 0.5) is 26.3 Å². The van der Waals surface area contributed by atoms with E-state index in [2.05, 4.69) is 16.0 Å². The van der Waals surface area contributed by atoms with E-state index in [0.29, 0.717) is 0 Å². The quantitative estimate of drug-likeness (QED) is 0.124. The molecule has 0 aromatic heterocycles. The molecule has 19 heteroatoms. The van der Waals surface area contributed by atoms with E-state index >= 15 is 0 Å². The van der Waals surface area contributed by atoms with Gasteiger partial charge in [0.25, 0.3) is 5.91 Å². The molecule has 4 heterocycles. The van der Waals surface area contributed by atoms with Gasteiger partial charge in [0, 0.05) is 24.9 Å². The number of imide groups is 1. The van der Waals surface area contributed by atoms with Gasteiger partial charge in [0.1, 0.15) is 6.04 Å². The minimum Gasteiger partial charge on any atom is -0.361 e. The highest BCUT2D eigenvalue weighted by molar-refractivity contribution is 6.02. The second-order valence-corrected chi connectivity index (χ2v) is 10.0. The summed E-state index contributed by atoms with van der Waals surface area (Å²) in [4.78, 5) is 39.2. The largest absolute Gasteiger partial charge is 0.416 e. The number of nitrogens with zero attached hydrogens (tertiary/aromatic N) is 2. The predicted octanol–water partition coefficient (Wildman–Crippen LogP) is -0.933. The zero-order chi connectivity index (χ0) is 30.3. The number of alkyl halides is 6. The minimum absolute atomic E-state index is 0.0456. The molecule has 4 aliphatic heterocycles. The number of guanidine groups is 2. The van der Waals surface area contributed by atoms with Crippen molar-refractivity contribution in [1.82, 2.24) is 31.1 Å². The molecule has 3 amide bonds. The molecule has 41 heavy (non-hydrogen) atoms. The normalized spacial score (nSPS) is 29.1. The molecule has 8 N–H and O–H groups in total. The Bertz CT molecular complexity index is 1320. The van der Waals surface area contributed by atoms with Crippen LogP contribution in [0.15, 0.2) is 18.2 Å². The molecule has 0 aliphatic carbocycles. The highest BCUT2D eigenvalue weighted by Crippen LogP contribution is 2.43. The smallest absolute Gasteiger partial charge is 0.361 e. The Hall–Kier alpha value is -4.13. The molecule has 1 spiro atoms. The number of nitrogens with one attached hydrogen (secondary N) is 6. The third-order valence-corrected chi connectivity index (χ3v) is 7.59. The Morgan fingerprint density at radius 2 is 1.56 bits per heavy atom. The maximum absolute atomic E-state index is 13.3. The lowest BCUT2D eigenvalue weighted by molar-refractivity contribution is -0.232. The van der Waals surface area contributed by atoms with Crippen molar-refractivity contribution >= 4 is 29.6 Å². The van der Waals surface area contributed by atoms with Gasteiger partial charge in [-0.2, -0.15) is 26.3 Å². The number of rotatable bonds is 4. The number of halogens is 6. The molecule has 4 atom stereocenters. The van der Waals surface area contributed by atoms with Gasteiger partial charge in [0.2, 0.25) is 17.6 Å². The zero-order valence-corrected chi connectivity index (χ0v) is 20.6. The molecule has 0 bridgehead atoms. The van der Waals surface area contributed by atoms with Crippen molar-refractivity contribution in [2.75, 3.05) is 13.1 Å². The number of benzene rings is 1. The number of carbonyl (C=O) groups excluding carboxylic acids is 3. The topological polar surface area (TPSA) is 194 Å². The Balaban J connectivity index is 1.47. The van der Waals surface area contributed by atoms with Crippen molar-refractivity contribution in [2.24, 2.45) is 0 Å². The summed E-state index contributed by atoms with van der Waals surface area (Å²) in [5.74, 6) is -6.57. The van der Waals surface area contributed by atoms with Crippen molar-refractivity contribution in [1.29, 1.82) is 10.8 Å². The summed E-state index contributed by atoms with van der Waals surface area (Å²) in [6.07, 6.45) is -10.6. The van der Waals surface area contributed by atoms with E-state index in [9.17, 15) is 50.9 Å². The molecule has 4 aliphatic rings. The van der Waals surface area contributed by atoms with Gasteiger partial charge in [0.15, 0.2) is 17.6 Å².